The number of alkyl carbamates (subject to hydrolysis) is 1. The number of nitrogen functional groups attached to an aromatic ring is 1. The van der Waals surface area contributed by atoms with Gasteiger partial charge in [-0.1, -0.05) is 116 Å². The maximum absolute atomic E-state index is 13.1. The number of nitrogens with two attached hydrogens (primary N) is 2. The number of carboxylic acids is 1. The Balaban J connectivity index is 0.000000182. The predicted octanol–water partition coefficient (Wildman–Crippen LogP) is 15.2. The van der Waals surface area contributed by atoms with Crippen molar-refractivity contribution in [3.63, 3.8) is 0 Å². The van der Waals surface area contributed by atoms with E-state index in [9.17, 15) is 38.7 Å². The fourth-order valence-electron chi connectivity index (χ4n) is 10.3. The van der Waals surface area contributed by atoms with Gasteiger partial charge in [0.1, 0.15) is 17.0 Å². The highest BCUT2D eigenvalue weighted by atomic mass is 35.5. The summed E-state index contributed by atoms with van der Waals surface area (Å²) in [5.41, 5.74) is 24.1. The maximum atomic E-state index is 13.1. The van der Waals surface area contributed by atoms with Gasteiger partial charge < -0.3 is 53.2 Å². The zero-order valence-corrected chi connectivity index (χ0v) is 59.6. The summed E-state index contributed by atoms with van der Waals surface area (Å²) in [5.74, 6) is -2.33. The van der Waals surface area contributed by atoms with Crippen LogP contribution in [-0.4, -0.2) is 81.6 Å². The Kier molecular flexibility index (Phi) is 27.2. The number of hydrogen-bond acceptors (Lipinski definition) is 13. The predicted molar refractivity (Wildman–Crippen MR) is 412 cm³/mol. The zero-order valence-electron chi connectivity index (χ0n) is 58.8. The molecular formula is C81H81ClN14O9. The van der Waals surface area contributed by atoms with Gasteiger partial charge in [0, 0.05) is 63.9 Å². The molecule has 105 heavy (non-hydrogen) atoms. The molecule has 9 aromatic carbocycles. The second-order valence-corrected chi connectivity index (χ2v) is 24.6. The monoisotopic (exact) mass is 1430 g/mol. The quantitative estimate of drug-likeness (QED) is 0.0361. The Morgan fingerprint density at radius 2 is 0.752 bits per heavy atom. The first-order chi connectivity index (χ1) is 50.0. The molecular weight excluding hydrogens is 1350 g/mol. The summed E-state index contributed by atoms with van der Waals surface area (Å²) in [6, 6.07) is 75.9. The number of benzene rings is 9. The van der Waals surface area contributed by atoms with E-state index in [1.165, 1.54) is 16.3 Å². The molecule has 11 N–H and O–H groups in total. The van der Waals surface area contributed by atoms with E-state index in [-0.39, 0.29) is 54.2 Å². The largest absolute Gasteiger partial charge is 0.477 e. The molecule has 24 heteroatoms. The van der Waals surface area contributed by atoms with Gasteiger partial charge in [0.15, 0.2) is 5.69 Å². The summed E-state index contributed by atoms with van der Waals surface area (Å²) in [6.45, 7) is 13.5. The van der Waals surface area contributed by atoms with E-state index < -0.39 is 17.7 Å². The lowest BCUT2D eigenvalue weighted by Crippen LogP contribution is -2.32. The number of hydrogen-bond donors (Lipinski definition) is 9. The first-order valence-electron chi connectivity index (χ1n) is 33.1. The average Bonchev–Trinajstić information content (AvgIpc) is 1.69. The fraction of sp³-hybridized carbons (Fsp3) is 0.136. The molecule has 0 unspecified atom stereocenters. The number of anilines is 6. The standard InChI is InChI=1S/C26H24N4O2.C25H23N5O2.C17H21N3O4.C13H12N2O.ClH/c1-3-19-9-7-14-23(16-19)30-24(15-18(2)29-30)26(32)28-22-13-8-10-20(17-22)25(31)27-21-11-5-4-6-12-21;1-17-13-23(30(29-17)22-12-5-7-18(14-22)16-26)25(32)28-21-11-6-8-19(15-21)24(31)27-20-9-3-2-4-10-20;1-11-8-14(15(21)22)20(19-11)13-7-5-6-12(9-13)10-18-16(23)24-17(2,3)4;14-11-6-4-5-10(9-11)13(16)15-12-7-2-1-3-8-12;/h4-17H,3H2,1-2H3,(H,27,31)(H,28,32);2-15H,16,26H2,1H3,(H,27,31)(H,28,32);5-9H,10H2,1-4H3,(H,18,23)(H,21,22);1-9H,14H2,(H,15,16);1H. The van der Waals surface area contributed by atoms with Crippen molar-refractivity contribution in [3.05, 3.63) is 322 Å². The third-order valence-electron chi connectivity index (χ3n) is 15.1. The average molecular weight is 1430 g/mol. The molecule has 3 heterocycles. The van der Waals surface area contributed by atoms with E-state index in [1.54, 1.807) is 140 Å². The van der Waals surface area contributed by atoms with Gasteiger partial charge in [-0.05, 0) is 210 Å². The summed E-state index contributed by atoms with van der Waals surface area (Å²) in [6.07, 6.45) is 0.391. The summed E-state index contributed by atoms with van der Waals surface area (Å²) < 4.78 is 9.79. The lowest BCUT2D eigenvalue weighted by atomic mass is 10.1. The van der Waals surface area contributed by atoms with Gasteiger partial charge in [0.2, 0.25) is 0 Å². The SMILES string of the molecule is CCc1cccc(-n2nc(C)cc2C(=O)Nc2cccc(C(=O)Nc3ccccc3)c2)c1.Cc1cc(C(=O)Nc2cccc(C(=O)Nc3ccccc3)c2)n(-c2cccc(CN)c2)n1.Cc1cc(C(=O)O)n(-c2cccc(CNC(=O)OC(C)(C)C)c2)n1.Cl.Nc1cccc(C(=O)Nc2ccccc2)c1. The smallest absolute Gasteiger partial charge is 0.407 e. The van der Waals surface area contributed by atoms with Crippen LogP contribution in [0.4, 0.5) is 38.9 Å². The third kappa shape index (κ3) is 22.9. The van der Waals surface area contributed by atoms with Gasteiger partial charge >= 0.3 is 12.1 Å². The van der Waals surface area contributed by atoms with Crippen molar-refractivity contribution in [2.45, 2.75) is 73.6 Å². The van der Waals surface area contributed by atoms with Gasteiger partial charge in [-0.3, -0.25) is 24.0 Å². The summed E-state index contributed by atoms with van der Waals surface area (Å²) in [5, 5.41) is 39.3. The molecule has 0 fully saturated rings. The number of ether oxygens (including phenoxy) is 1. The molecule has 6 amide bonds. The third-order valence-corrected chi connectivity index (χ3v) is 15.1. The lowest BCUT2D eigenvalue weighted by Gasteiger charge is -2.19. The van der Waals surface area contributed by atoms with Gasteiger partial charge in [-0.15, -0.1) is 12.4 Å². The molecule has 12 rings (SSSR count). The van der Waals surface area contributed by atoms with Crippen molar-refractivity contribution in [2.75, 3.05) is 32.3 Å². The second kappa shape index (κ2) is 36.9. The van der Waals surface area contributed by atoms with Gasteiger partial charge in [-0.2, -0.15) is 15.3 Å². The van der Waals surface area contributed by atoms with Crippen molar-refractivity contribution in [2.24, 2.45) is 5.73 Å². The van der Waals surface area contributed by atoms with Crippen LogP contribution < -0.4 is 43.4 Å². The van der Waals surface area contributed by atoms with Crippen LogP contribution in [0.2, 0.25) is 0 Å². The van der Waals surface area contributed by atoms with Crippen LogP contribution in [0.25, 0.3) is 17.1 Å². The highest BCUT2D eigenvalue weighted by Crippen LogP contribution is 2.23. The number of aryl methyl sites for hydroxylation is 4. The van der Waals surface area contributed by atoms with E-state index in [1.807, 2.05) is 159 Å². The van der Waals surface area contributed by atoms with E-state index in [2.05, 4.69) is 54.1 Å². The molecule has 0 bridgehead atoms. The van der Waals surface area contributed by atoms with E-state index >= 15 is 0 Å². The van der Waals surface area contributed by atoms with E-state index in [0.717, 1.165) is 40.3 Å². The van der Waals surface area contributed by atoms with E-state index in [4.69, 9.17) is 16.2 Å². The van der Waals surface area contributed by atoms with Crippen molar-refractivity contribution >= 4 is 88.1 Å². The molecule has 0 atom stereocenters. The minimum Gasteiger partial charge on any atom is -0.477 e. The number of para-hydroxylation sites is 3. The molecule has 0 aliphatic carbocycles. The Morgan fingerprint density at radius 3 is 1.15 bits per heavy atom. The first kappa shape index (κ1) is 77.5. The Labute approximate surface area is 614 Å². The summed E-state index contributed by atoms with van der Waals surface area (Å²) in [7, 11) is 0. The Morgan fingerprint density at radius 1 is 0.410 bits per heavy atom. The topological polar surface area (TPSA) is 327 Å². The number of carbonyl (C=O) groups is 7. The zero-order chi connectivity index (χ0) is 74.3. The van der Waals surface area contributed by atoms with Crippen LogP contribution in [0.15, 0.2) is 255 Å². The van der Waals surface area contributed by atoms with Gasteiger partial charge in [0.25, 0.3) is 29.5 Å². The van der Waals surface area contributed by atoms with Crippen LogP contribution in [0.3, 0.4) is 0 Å². The van der Waals surface area contributed by atoms with E-state index in [0.29, 0.717) is 80.1 Å². The maximum Gasteiger partial charge on any atom is 0.407 e. The van der Waals surface area contributed by atoms with Gasteiger partial charge in [0.05, 0.1) is 34.1 Å². The number of aromatic carboxylic acids is 1. The molecule has 0 aliphatic rings. The molecule has 0 saturated heterocycles. The Hall–Kier alpha value is -13.3. The number of carbonyl (C=O) groups excluding carboxylic acids is 6. The molecule has 0 saturated carbocycles. The fourth-order valence-corrected chi connectivity index (χ4v) is 10.3. The number of rotatable bonds is 18. The molecule has 536 valence electrons. The molecule has 12 aromatic rings. The minimum atomic E-state index is -1.05. The van der Waals surface area contributed by atoms with Crippen LogP contribution >= 0.6 is 12.4 Å². The van der Waals surface area contributed by atoms with Crippen molar-refractivity contribution in [3.8, 4) is 17.1 Å². The molecule has 0 aliphatic heterocycles. The number of nitrogens with one attached hydrogen (secondary N) is 6. The van der Waals surface area contributed by atoms with Crippen molar-refractivity contribution in [1.29, 1.82) is 0 Å². The minimum absolute atomic E-state index is 0. The van der Waals surface area contributed by atoms with Crippen LogP contribution in [0, 0.1) is 20.8 Å². The highest BCUT2D eigenvalue weighted by molar-refractivity contribution is 6.09. The lowest BCUT2D eigenvalue weighted by molar-refractivity contribution is 0.0522. The highest BCUT2D eigenvalue weighted by Gasteiger charge is 2.21. The number of carboxylic acid groups (broad SMARTS) is 1. The summed E-state index contributed by atoms with van der Waals surface area (Å²) in [4.78, 5) is 86.1. The Bertz CT molecular complexity index is 4800. The van der Waals surface area contributed by atoms with Crippen LogP contribution in [-0.2, 0) is 24.2 Å². The molecule has 0 spiro atoms. The van der Waals surface area contributed by atoms with Crippen molar-refractivity contribution < 1.29 is 43.4 Å². The number of amides is 6. The number of aromatic nitrogens is 6. The first-order valence-corrected chi connectivity index (χ1v) is 33.1. The number of nitrogens with zero attached hydrogens (tertiary/aromatic N) is 6. The van der Waals surface area contributed by atoms with Crippen LogP contribution in [0.1, 0.15) is 124 Å². The van der Waals surface area contributed by atoms with Crippen LogP contribution in [0.5, 0.6) is 0 Å². The van der Waals surface area contributed by atoms with Gasteiger partial charge in [-0.25, -0.2) is 23.6 Å². The normalized spacial score (nSPS) is 10.5. The molecule has 23 nitrogen and oxygen atoms in total. The van der Waals surface area contributed by atoms with Crippen molar-refractivity contribution in [1.82, 2.24) is 34.7 Å². The molecule has 3 aromatic heterocycles. The molecule has 0 radical (unpaired) electrons. The second-order valence-electron chi connectivity index (χ2n) is 24.6. The number of halogens is 1. The summed E-state index contributed by atoms with van der Waals surface area (Å²) >= 11 is 0.